The molecular formula is C28H37N3O7. The second kappa shape index (κ2) is 15.2. The van der Waals surface area contributed by atoms with E-state index in [0.29, 0.717) is 19.4 Å². The van der Waals surface area contributed by atoms with Gasteiger partial charge in [-0.25, -0.2) is 14.4 Å². The van der Waals surface area contributed by atoms with Gasteiger partial charge in [-0.15, -0.1) is 0 Å². The first kappa shape index (κ1) is 30.1. The first-order valence-corrected chi connectivity index (χ1v) is 12.5. The molecule has 206 valence electrons. The van der Waals surface area contributed by atoms with E-state index in [-0.39, 0.29) is 18.6 Å². The number of carbonyl (C=O) groups is 4. The van der Waals surface area contributed by atoms with E-state index in [9.17, 15) is 19.2 Å². The lowest BCUT2D eigenvalue weighted by Crippen LogP contribution is -2.52. The summed E-state index contributed by atoms with van der Waals surface area (Å²) in [5, 5.41) is 7.84. The Morgan fingerprint density at radius 3 is 2.11 bits per heavy atom. The van der Waals surface area contributed by atoms with Crippen molar-refractivity contribution in [2.45, 2.75) is 64.4 Å². The number of benzene rings is 2. The highest BCUT2D eigenvalue weighted by atomic mass is 16.6. The zero-order valence-electron chi connectivity index (χ0n) is 22.3. The molecule has 0 bridgehead atoms. The molecule has 2 rings (SSSR count). The summed E-state index contributed by atoms with van der Waals surface area (Å²) in [6, 6.07) is 16.7. The van der Waals surface area contributed by atoms with Crippen LogP contribution in [0, 0.1) is 0 Å². The molecule has 0 saturated carbocycles. The minimum atomic E-state index is -1.30. The summed E-state index contributed by atoms with van der Waals surface area (Å²) in [5.41, 5.74) is 0.390. The third-order valence-corrected chi connectivity index (χ3v) is 5.24. The molecule has 0 saturated heterocycles. The van der Waals surface area contributed by atoms with Crippen molar-refractivity contribution in [3.63, 3.8) is 0 Å². The predicted molar refractivity (Wildman–Crippen MR) is 141 cm³/mol. The average Bonchev–Trinajstić information content (AvgIpc) is 2.89. The number of nitrogens with one attached hydrogen (secondary N) is 3. The quantitative estimate of drug-likeness (QED) is 0.216. The summed E-state index contributed by atoms with van der Waals surface area (Å²) in [6.07, 6.45) is -1.29. The SMILES string of the molecule is CNC(=O)C(OC(=O)c1ccccc1)[C@H](CCCCNC(=O)OCc1ccccc1)NC(=O)OC(C)(C)C. The average molecular weight is 528 g/mol. The van der Waals surface area contributed by atoms with Gasteiger partial charge < -0.3 is 30.2 Å². The van der Waals surface area contributed by atoms with Gasteiger partial charge in [0.15, 0.2) is 0 Å². The molecule has 0 fully saturated rings. The maximum atomic E-state index is 12.7. The lowest BCUT2D eigenvalue weighted by atomic mass is 10.0. The van der Waals surface area contributed by atoms with Crippen molar-refractivity contribution < 1.29 is 33.4 Å². The van der Waals surface area contributed by atoms with Gasteiger partial charge in [0.05, 0.1) is 11.6 Å². The third-order valence-electron chi connectivity index (χ3n) is 5.24. The molecule has 0 spiro atoms. The summed E-state index contributed by atoms with van der Waals surface area (Å²) in [6.45, 7) is 5.64. The van der Waals surface area contributed by atoms with E-state index in [0.717, 1.165) is 5.56 Å². The number of carbonyl (C=O) groups excluding carboxylic acids is 4. The lowest BCUT2D eigenvalue weighted by Gasteiger charge is -2.28. The molecule has 0 aliphatic carbocycles. The highest BCUT2D eigenvalue weighted by Crippen LogP contribution is 2.14. The van der Waals surface area contributed by atoms with Gasteiger partial charge in [0.1, 0.15) is 12.2 Å². The smallest absolute Gasteiger partial charge is 0.408 e. The molecule has 38 heavy (non-hydrogen) atoms. The van der Waals surface area contributed by atoms with Crippen LogP contribution in [-0.2, 0) is 25.6 Å². The Hall–Kier alpha value is -4.08. The zero-order chi connectivity index (χ0) is 28.0. The number of unbranched alkanes of at least 4 members (excludes halogenated alkanes) is 1. The molecule has 0 heterocycles. The van der Waals surface area contributed by atoms with Crippen LogP contribution in [0.2, 0.25) is 0 Å². The minimum Gasteiger partial charge on any atom is -0.446 e. The highest BCUT2D eigenvalue weighted by Gasteiger charge is 2.34. The summed E-state index contributed by atoms with van der Waals surface area (Å²) < 4.78 is 16.1. The summed E-state index contributed by atoms with van der Waals surface area (Å²) in [7, 11) is 1.42. The number of alkyl carbamates (subject to hydrolysis) is 2. The molecule has 2 aromatic carbocycles. The Labute approximate surface area is 223 Å². The molecule has 3 amide bonds. The Bertz CT molecular complexity index is 1040. The molecule has 2 aromatic rings. The van der Waals surface area contributed by atoms with Crippen LogP contribution in [0.15, 0.2) is 60.7 Å². The number of hydrogen-bond donors (Lipinski definition) is 3. The van der Waals surface area contributed by atoms with Crippen LogP contribution in [0.5, 0.6) is 0 Å². The van der Waals surface area contributed by atoms with Crippen LogP contribution in [0.4, 0.5) is 9.59 Å². The van der Waals surface area contributed by atoms with Crippen molar-refractivity contribution in [3.05, 3.63) is 71.8 Å². The minimum absolute atomic E-state index is 0.162. The highest BCUT2D eigenvalue weighted by molar-refractivity contribution is 5.92. The molecule has 1 unspecified atom stereocenters. The Balaban J connectivity index is 1.97. The number of amides is 3. The van der Waals surface area contributed by atoms with E-state index in [1.807, 2.05) is 30.3 Å². The first-order valence-electron chi connectivity index (χ1n) is 12.5. The maximum Gasteiger partial charge on any atom is 0.408 e. The topological polar surface area (TPSA) is 132 Å². The second-order valence-corrected chi connectivity index (χ2v) is 9.54. The second-order valence-electron chi connectivity index (χ2n) is 9.54. The van der Waals surface area contributed by atoms with Gasteiger partial charge in [-0.3, -0.25) is 4.79 Å². The van der Waals surface area contributed by atoms with Gasteiger partial charge in [-0.2, -0.15) is 0 Å². The van der Waals surface area contributed by atoms with Crippen molar-refractivity contribution in [1.82, 2.24) is 16.0 Å². The zero-order valence-corrected chi connectivity index (χ0v) is 22.3. The van der Waals surface area contributed by atoms with E-state index in [4.69, 9.17) is 14.2 Å². The number of hydrogen-bond acceptors (Lipinski definition) is 7. The largest absolute Gasteiger partial charge is 0.446 e. The fraction of sp³-hybridized carbons (Fsp3) is 0.429. The van der Waals surface area contributed by atoms with Gasteiger partial charge in [0, 0.05) is 13.6 Å². The van der Waals surface area contributed by atoms with Gasteiger partial charge >= 0.3 is 18.2 Å². The molecule has 10 heteroatoms. The van der Waals surface area contributed by atoms with E-state index >= 15 is 0 Å². The Morgan fingerprint density at radius 2 is 1.50 bits per heavy atom. The van der Waals surface area contributed by atoms with Crippen molar-refractivity contribution in [1.29, 1.82) is 0 Å². The number of rotatable bonds is 12. The summed E-state index contributed by atoms with van der Waals surface area (Å²) >= 11 is 0. The molecule has 2 atom stereocenters. The standard InChI is InChI=1S/C28H37N3O7/c1-28(2,3)38-27(35)31-22(23(24(32)29-4)37-25(33)21-15-9-6-10-16-21)17-11-12-18-30-26(34)36-19-20-13-7-5-8-14-20/h5-10,13-16,22-23H,11-12,17-19H2,1-4H3,(H,29,32)(H,30,34)(H,31,35)/t22-,23?/m0/s1. The monoisotopic (exact) mass is 527 g/mol. The van der Waals surface area contributed by atoms with Crippen LogP contribution in [0.1, 0.15) is 56.0 Å². The number of likely N-dealkylation sites (N-methyl/N-ethyl adjacent to an activating group) is 1. The van der Waals surface area contributed by atoms with Crippen LogP contribution >= 0.6 is 0 Å². The maximum absolute atomic E-state index is 12.7. The summed E-state index contributed by atoms with van der Waals surface area (Å²) in [5.74, 6) is -1.27. The van der Waals surface area contributed by atoms with Crippen LogP contribution in [0.3, 0.4) is 0 Å². The predicted octanol–water partition coefficient (Wildman–Crippen LogP) is 3.95. The lowest BCUT2D eigenvalue weighted by molar-refractivity contribution is -0.131. The van der Waals surface area contributed by atoms with Crippen molar-refractivity contribution in [3.8, 4) is 0 Å². The molecule has 0 radical (unpaired) electrons. The van der Waals surface area contributed by atoms with E-state index in [1.165, 1.54) is 7.05 Å². The normalized spacial score (nSPS) is 12.4. The van der Waals surface area contributed by atoms with Gasteiger partial charge in [-0.05, 0) is 57.7 Å². The third kappa shape index (κ3) is 11.3. The van der Waals surface area contributed by atoms with Gasteiger partial charge in [0.2, 0.25) is 6.10 Å². The van der Waals surface area contributed by atoms with E-state index in [2.05, 4.69) is 16.0 Å². The fourth-order valence-electron chi connectivity index (χ4n) is 3.43. The molecular weight excluding hydrogens is 490 g/mol. The van der Waals surface area contributed by atoms with E-state index < -0.39 is 41.8 Å². The molecule has 0 aromatic heterocycles. The fourth-order valence-corrected chi connectivity index (χ4v) is 3.43. The Kier molecular flexibility index (Phi) is 12.1. The molecule has 10 nitrogen and oxygen atoms in total. The van der Waals surface area contributed by atoms with Crippen LogP contribution < -0.4 is 16.0 Å². The van der Waals surface area contributed by atoms with Gasteiger partial charge in [-0.1, -0.05) is 48.5 Å². The van der Waals surface area contributed by atoms with Crippen molar-refractivity contribution >= 4 is 24.1 Å². The molecule has 0 aliphatic rings. The van der Waals surface area contributed by atoms with Crippen LogP contribution in [-0.4, -0.2) is 55.4 Å². The number of ether oxygens (including phenoxy) is 3. The molecule has 0 aliphatic heterocycles. The van der Waals surface area contributed by atoms with Crippen molar-refractivity contribution in [2.24, 2.45) is 0 Å². The number of esters is 1. The van der Waals surface area contributed by atoms with E-state index in [1.54, 1.807) is 51.1 Å². The summed E-state index contributed by atoms with van der Waals surface area (Å²) in [4.78, 5) is 49.9. The van der Waals surface area contributed by atoms with Crippen molar-refractivity contribution in [2.75, 3.05) is 13.6 Å². The molecule has 3 N–H and O–H groups in total. The van der Waals surface area contributed by atoms with Gasteiger partial charge in [0.25, 0.3) is 5.91 Å². The first-order chi connectivity index (χ1) is 18.1. The Morgan fingerprint density at radius 1 is 0.868 bits per heavy atom. The van der Waals surface area contributed by atoms with Crippen LogP contribution in [0.25, 0.3) is 0 Å².